The smallest absolute Gasteiger partial charge is 0.240 e. The maximum atomic E-state index is 12.3. The van der Waals surface area contributed by atoms with Crippen LogP contribution in [0.15, 0.2) is 34.2 Å². The van der Waals surface area contributed by atoms with E-state index in [1.807, 2.05) is 6.07 Å². The van der Waals surface area contributed by atoms with Crippen LogP contribution in [0.4, 0.5) is 0 Å². The van der Waals surface area contributed by atoms with Gasteiger partial charge in [-0.05, 0) is 30.5 Å². The predicted molar refractivity (Wildman–Crippen MR) is 131 cm³/mol. The van der Waals surface area contributed by atoms with Crippen LogP contribution in [0.25, 0.3) is 0 Å². The summed E-state index contributed by atoms with van der Waals surface area (Å²) in [6.45, 7) is 4.84. The number of aliphatic imine (C=N–C) groups is 1. The number of guanidine groups is 1. The number of hydrogen-bond acceptors (Lipinski definition) is 6. The third kappa shape index (κ3) is 10.9. The molecule has 1 aliphatic rings. The molecule has 0 spiro atoms. The van der Waals surface area contributed by atoms with Gasteiger partial charge in [-0.25, -0.2) is 13.1 Å². The number of methoxy groups -OCH3 is 1. The minimum absolute atomic E-state index is 0. The Balaban J connectivity index is 0.00000480. The van der Waals surface area contributed by atoms with Crippen molar-refractivity contribution in [3.05, 3.63) is 29.8 Å². The molecule has 9 nitrogen and oxygen atoms in total. The number of benzene rings is 1. The first kappa shape index (κ1) is 28.0. The molecule has 2 rings (SSSR count). The van der Waals surface area contributed by atoms with Crippen LogP contribution in [-0.2, 0) is 30.8 Å². The second-order valence-corrected chi connectivity index (χ2v) is 8.82. The van der Waals surface area contributed by atoms with Crippen molar-refractivity contribution in [1.82, 2.24) is 15.4 Å². The second kappa shape index (κ2) is 15.8. The quantitative estimate of drug-likeness (QED) is 0.142. The highest BCUT2D eigenvalue weighted by Gasteiger charge is 2.15. The fourth-order valence-corrected chi connectivity index (χ4v) is 4.02. The molecule has 3 N–H and O–H groups in total. The van der Waals surface area contributed by atoms with Gasteiger partial charge < -0.3 is 24.8 Å². The first-order valence-electron chi connectivity index (χ1n) is 10.2. The van der Waals surface area contributed by atoms with Crippen LogP contribution in [0.1, 0.15) is 18.4 Å². The molecule has 31 heavy (non-hydrogen) atoms. The molecule has 178 valence electrons. The summed E-state index contributed by atoms with van der Waals surface area (Å²) in [4.78, 5) is 4.43. The first-order chi connectivity index (χ1) is 14.5. The summed E-state index contributed by atoms with van der Waals surface area (Å²) in [5.74, 6) is 1.19. The SMILES string of the molecule is CN=C(NCCCOCC1CCOC1)NCc1cccc(S(=O)(=O)NCCOC)c1.I. The number of hydrogen-bond donors (Lipinski definition) is 3. The molecule has 0 aromatic heterocycles. The standard InChI is InChI=1S/C20H34N4O5S.HI/c1-21-20(22-8-4-10-28-15-18-7-11-29-16-18)23-14-17-5-3-6-19(13-17)30(25,26)24-9-12-27-2;/h3,5-6,13,18,24H,4,7-12,14-16H2,1-2H3,(H2,21,22,23);1H. The van der Waals surface area contributed by atoms with Gasteiger partial charge in [-0.1, -0.05) is 12.1 Å². The van der Waals surface area contributed by atoms with Crippen molar-refractivity contribution in [2.45, 2.75) is 24.3 Å². The van der Waals surface area contributed by atoms with Gasteiger partial charge in [0.25, 0.3) is 0 Å². The Kier molecular flexibility index (Phi) is 14.3. The molecule has 1 atom stereocenters. The van der Waals surface area contributed by atoms with Crippen LogP contribution < -0.4 is 15.4 Å². The van der Waals surface area contributed by atoms with Gasteiger partial charge in [-0.3, -0.25) is 4.99 Å². The van der Waals surface area contributed by atoms with Crippen LogP contribution in [0, 0.1) is 5.92 Å². The number of sulfonamides is 1. The molecule has 1 aromatic carbocycles. The van der Waals surface area contributed by atoms with Crippen LogP contribution in [0.5, 0.6) is 0 Å². The summed E-state index contributed by atoms with van der Waals surface area (Å²) in [7, 11) is -0.325. The Labute approximate surface area is 202 Å². The van der Waals surface area contributed by atoms with Gasteiger partial charge in [-0.15, -0.1) is 24.0 Å². The topological polar surface area (TPSA) is 110 Å². The highest BCUT2D eigenvalue weighted by molar-refractivity contribution is 14.0. The molecule has 0 aliphatic carbocycles. The largest absolute Gasteiger partial charge is 0.383 e. The zero-order chi connectivity index (χ0) is 21.7. The molecule has 0 radical (unpaired) electrons. The minimum atomic E-state index is -3.55. The van der Waals surface area contributed by atoms with E-state index in [1.54, 1.807) is 25.2 Å². The molecular weight excluding hydrogens is 535 g/mol. The lowest BCUT2D eigenvalue weighted by atomic mass is 10.1. The number of ether oxygens (including phenoxy) is 3. The fourth-order valence-electron chi connectivity index (χ4n) is 2.94. The van der Waals surface area contributed by atoms with Gasteiger partial charge >= 0.3 is 0 Å². The maximum Gasteiger partial charge on any atom is 0.240 e. The number of rotatable bonds is 13. The average molecular weight is 570 g/mol. The van der Waals surface area contributed by atoms with Crippen molar-refractivity contribution in [3.8, 4) is 0 Å². The van der Waals surface area contributed by atoms with E-state index < -0.39 is 10.0 Å². The monoisotopic (exact) mass is 570 g/mol. The van der Waals surface area contributed by atoms with Gasteiger partial charge in [0.15, 0.2) is 5.96 Å². The van der Waals surface area contributed by atoms with Crippen molar-refractivity contribution < 1.29 is 22.6 Å². The highest BCUT2D eigenvalue weighted by Crippen LogP contribution is 2.12. The van der Waals surface area contributed by atoms with E-state index in [0.29, 0.717) is 31.6 Å². The van der Waals surface area contributed by atoms with Crippen LogP contribution in [0.2, 0.25) is 0 Å². The van der Waals surface area contributed by atoms with E-state index >= 15 is 0 Å². The Morgan fingerprint density at radius 3 is 2.81 bits per heavy atom. The molecule has 1 heterocycles. The maximum absolute atomic E-state index is 12.3. The molecule has 1 unspecified atom stereocenters. The summed E-state index contributed by atoms with van der Waals surface area (Å²) in [5, 5.41) is 6.44. The van der Waals surface area contributed by atoms with E-state index in [-0.39, 0.29) is 35.4 Å². The summed E-state index contributed by atoms with van der Waals surface area (Å²) in [6.07, 6.45) is 1.95. The summed E-state index contributed by atoms with van der Waals surface area (Å²) < 4.78 is 43.1. The van der Waals surface area contributed by atoms with Crippen molar-refractivity contribution >= 4 is 40.0 Å². The number of nitrogens with one attached hydrogen (secondary N) is 3. The normalized spacial score (nSPS) is 16.7. The Morgan fingerprint density at radius 2 is 2.10 bits per heavy atom. The number of nitrogens with zero attached hydrogens (tertiary/aromatic N) is 1. The molecule has 1 aromatic rings. The minimum Gasteiger partial charge on any atom is -0.383 e. The average Bonchev–Trinajstić information content (AvgIpc) is 3.26. The van der Waals surface area contributed by atoms with Gasteiger partial charge in [0.1, 0.15) is 0 Å². The number of halogens is 1. The molecule has 1 saturated heterocycles. The molecular formula is C20H35IN4O5S. The molecule has 0 bridgehead atoms. The van der Waals surface area contributed by atoms with E-state index in [4.69, 9.17) is 14.2 Å². The lowest BCUT2D eigenvalue weighted by Crippen LogP contribution is -2.37. The van der Waals surface area contributed by atoms with Crippen molar-refractivity contribution in [2.75, 3.05) is 60.3 Å². The molecule has 0 saturated carbocycles. The Hall–Kier alpha value is -0.990. The van der Waals surface area contributed by atoms with E-state index in [0.717, 1.165) is 44.8 Å². The Bertz CT molecular complexity index is 758. The zero-order valence-corrected chi connectivity index (χ0v) is 21.4. The van der Waals surface area contributed by atoms with Gasteiger partial charge in [0.2, 0.25) is 10.0 Å². The summed E-state index contributed by atoms with van der Waals surface area (Å²) in [6, 6.07) is 6.82. The van der Waals surface area contributed by atoms with E-state index in [1.165, 1.54) is 7.11 Å². The van der Waals surface area contributed by atoms with Gasteiger partial charge in [0, 0.05) is 52.9 Å². The van der Waals surface area contributed by atoms with E-state index in [2.05, 4.69) is 20.3 Å². The Morgan fingerprint density at radius 1 is 1.26 bits per heavy atom. The summed E-state index contributed by atoms with van der Waals surface area (Å²) in [5.41, 5.74) is 0.842. The highest BCUT2D eigenvalue weighted by atomic mass is 127. The van der Waals surface area contributed by atoms with Crippen LogP contribution >= 0.6 is 24.0 Å². The van der Waals surface area contributed by atoms with Crippen molar-refractivity contribution in [2.24, 2.45) is 10.9 Å². The van der Waals surface area contributed by atoms with Gasteiger partial charge in [0.05, 0.1) is 24.7 Å². The molecule has 1 fully saturated rings. The predicted octanol–water partition coefficient (Wildman–Crippen LogP) is 1.34. The third-order valence-electron chi connectivity index (χ3n) is 4.63. The first-order valence-corrected chi connectivity index (χ1v) is 11.7. The van der Waals surface area contributed by atoms with Crippen LogP contribution in [0.3, 0.4) is 0 Å². The van der Waals surface area contributed by atoms with E-state index in [9.17, 15) is 8.42 Å². The van der Waals surface area contributed by atoms with Crippen molar-refractivity contribution in [3.63, 3.8) is 0 Å². The second-order valence-electron chi connectivity index (χ2n) is 7.05. The lowest BCUT2D eigenvalue weighted by Gasteiger charge is -2.13. The lowest BCUT2D eigenvalue weighted by molar-refractivity contribution is 0.0888. The third-order valence-corrected chi connectivity index (χ3v) is 6.08. The molecule has 0 amide bonds. The van der Waals surface area contributed by atoms with Crippen LogP contribution in [-0.4, -0.2) is 74.7 Å². The van der Waals surface area contributed by atoms with Crippen molar-refractivity contribution in [1.29, 1.82) is 0 Å². The fraction of sp³-hybridized carbons (Fsp3) is 0.650. The molecule has 11 heteroatoms. The molecule has 1 aliphatic heterocycles. The van der Waals surface area contributed by atoms with Gasteiger partial charge in [-0.2, -0.15) is 0 Å². The summed E-state index contributed by atoms with van der Waals surface area (Å²) >= 11 is 0. The zero-order valence-electron chi connectivity index (χ0n) is 18.3.